The average Bonchev–Trinajstić information content (AvgIpc) is 2.67. The number of pyridine rings is 1. The van der Waals surface area contributed by atoms with E-state index in [1.54, 1.807) is 0 Å². The second-order valence-electron chi connectivity index (χ2n) is 7.40. The summed E-state index contributed by atoms with van der Waals surface area (Å²) < 4.78 is 0. The monoisotopic (exact) mass is 343 g/mol. The Balaban J connectivity index is 1.83. The molecular weight excluding hydrogens is 318 g/mol. The number of rotatable bonds is 3. The molecule has 1 aliphatic carbocycles. The Bertz CT molecular complexity index is 890. The summed E-state index contributed by atoms with van der Waals surface area (Å²) in [6.07, 6.45) is 10.00. The lowest BCUT2D eigenvalue weighted by Crippen LogP contribution is -2.07. The van der Waals surface area contributed by atoms with E-state index in [-0.39, 0.29) is 0 Å². The molecular formula is C24H25NO. The molecule has 0 aliphatic heterocycles. The smallest absolute Gasteiger partial charge is 0.150 e. The molecule has 1 fully saturated rings. The summed E-state index contributed by atoms with van der Waals surface area (Å²) in [4.78, 5) is 16.1. The number of para-hydroxylation sites is 1. The summed E-state index contributed by atoms with van der Waals surface area (Å²) in [5.74, 6) is 0.528. The Morgan fingerprint density at radius 1 is 0.846 bits per heavy atom. The molecule has 0 radical (unpaired) electrons. The lowest BCUT2D eigenvalue weighted by molar-refractivity contribution is 0.112. The third-order valence-corrected chi connectivity index (χ3v) is 5.60. The van der Waals surface area contributed by atoms with Crippen LogP contribution in [0.15, 0.2) is 54.6 Å². The van der Waals surface area contributed by atoms with Gasteiger partial charge in [-0.1, -0.05) is 74.6 Å². The van der Waals surface area contributed by atoms with Crippen LogP contribution < -0.4 is 0 Å². The number of hydrogen-bond acceptors (Lipinski definition) is 2. The molecule has 0 N–H and O–H groups in total. The first-order valence-electron chi connectivity index (χ1n) is 9.80. The van der Waals surface area contributed by atoms with E-state index >= 15 is 0 Å². The van der Waals surface area contributed by atoms with Gasteiger partial charge in [-0.05, 0) is 30.5 Å². The van der Waals surface area contributed by atoms with Crippen molar-refractivity contribution < 1.29 is 4.79 Å². The molecule has 0 saturated heterocycles. The van der Waals surface area contributed by atoms with E-state index in [1.807, 2.05) is 12.1 Å². The minimum absolute atomic E-state index is 0.528. The fraction of sp³-hybridized carbons (Fsp3) is 0.333. The second kappa shape index (κ2) is 7.82. The van der Waals surface area contributed by atoms with E-state index in [4.69, 9.17) is 4.98 Å². The zero-order valence-corrected chi connectivity index (χ0v) is 15.2. The minimum atomic E-state index is 0.528. The summed E-state index contributed by atoms with van der Waals surface area (Å²) in [6, 6.07) is 18.6. The van der Waals surface area contributed by atoms with Crippen molar-refractivity contribution in [1.82, 2.24) is 4.98 Å². The van der Waals surface area contributed by atoms with Crippen molar-refractivity contribution in [3.05, 3.63) is 65.9 Å². The van der Waals surface area contributed by atoms with Gasteiger partial charge in [-0.3, -0.25) is 9.78 Å². The topological polar surface area (TPSA) is 30.0 Å². The first-order valence-corrected chi connectivity index (χ1v) is 9.80. The number of hydrogen-bond donors (Lipinski definition) is 0. The van der Waals surface area contributed by atoms with Crippen LogP contribution in [0.1, 0.15) is 66.9 Å². The van der Waals surface area contributed by atoms with Gasteiger partial charge >= 0.3 is 0 Å². The second-order valence-corrected chi connectivity index (χ2v) is 7.40. The van der Waals surface area contributed by atoms with Crippen LogP contribution in [0.25, 0.3) is 22.0 Å². The third-order valence-electron chi connectivity index (χ3n) is 5.60. The van der Waals surface area contributed by atoms with Gasteiger partial charge in [0, 0.05) is 22.4 Å². The molecule has 2 nitrogen and oxygen atoms in total. The highest BCUT2D eigenvalue weighted by Crippen LogP contribution is 2.37. The highest BCUT2D eigenvalue weighted by molar-refractivity contribution is 5.86. The van der Waals surface area contributed by atoms with E-state index in [1.165, 1.54) is 61.6 Å². The van der Waals surface area contributed by atoms with Crippen LogP contribution in [-0.2, 0) is 0 Å². The minimum Gasteiger partial charge on any atom is -0.298 e. The van der Waals surface area contributed by atoms with Crippen LogP contribution in [0.5, 0.6) is 0 Å². The van der Waals surface area contributed by atoms with Crippen molar-refractivity contribution in [1.29, 1.82) is 0 Å². The quantitative estimate of drug-likeness (QED) is 0.505. The van der Waals surface area contributed by atoms with Crippen molar-refractivity contribution in [2.24, 2.45) is 0 Å². The normalized spacial score (nSPS) is 16.2. The Kier molecular flexibility index (Phi) is 5.10. The largest absolute Gasteiger partial charge is 0.298 e. The molecule has 2 heteroatoms. The number of aromatic nitrogens is 1. The van der Waals surface area contributed by atoms with Gasteiger partial charge in [0.2, 0.25) is 0 Å². The van der Waals surface area contributed by atoms with Crippen molar-refractivity contribution >= 4 is 17.2 Å². The number of benzene rings is 2. The molecule has 2 aromatic carbocycles. The van der Waals surface area contributed by atoms with E-state index in [0.29, 0.717) is 5.92 Å². The first-order chi connectivity index (χ1) is 12.8. The Labute approximate surface area is 155 Å². The Morgan fingerprint density at radius 3 is 2.27 bits per heavy atom. The Morgan fingerprint density at radius 2 is 1.54 bits per heavy atom. The summed E-state index contributed by atoms with van der Waals surface area (Å²) in [6.45, 7) is 0. The first kappa shape index (κ1) is 17.0. The molecule has 0 bridgehead atoms. The van der Waals surface area contributed by atoms with Crippen LogP contribution in [0, 0.1) is 0 Å². The lowest BCUT2D eigenvalue weighted by Gasteiger charge is -2.22. The van der Waals surface area contributed by atoms with Crippen molar-refractivity contribution in [2.45, 2.75) is 50.9 Å². The summed E-state index contributed by atoms with van der Waals surface area (Å²) in [5.41, 5.74) is 5.43. The van der Waals surface area contributed by atoms with Gasteiger partial charge in [0.25, 0.3) is 0 Å². The Hall–Kier alpha value is -2.48. The van der Waals surface area contributed by atoms with Gasteiger partial charge in [-0.2, -0.15) is 0 Å². The molecule has 26 heavy (non-hydrogen) atoms. The fourth-order valence-electron chi connectivity index (χ4n) is 4.14. The SMILES string of the molecule is O=Cc1ccc(-c2cc3ccccc3nc2C2CCCCCCC2)cc1. The average molecular weight is 343 g/mol. The van der Waals surface area contributed by atoms with Crippen LogP contribution >= 0.6 is 0 Å². The number of nitrogens with zero attached hydrogens (tertiary/aromatic N) is 1. The number of aldehydes is 1. The van der Waals surface area contributed by atoms with E-state index < -0.39 is 0 Å². The van der Waals surface area contributed by atoms with Crippen LogP contribution in [-0.4, -0.2) is 11.3 Å². The van der Waals surface area contributed by atoms with Gasteiger partial charge in [0.1, 0.15) is 6.29 Å². The van der Waals surface area contributed by atoms with Gasteiger partial charge in [0.15, 0.2) is 0 Å². The predicted molar refractivity (Wildman–Crippen MR) is 108 cm³/mol. The predicted octanol–water partition coefficient (Wildman–Crippen LogP) is 6.54. The molecule has 0 unspecified atom stereocenters. The number of fused-ring (bicyclic) bond motifs is 1. The van der Waals surface area contributed by atoms with E-state index in [2.05, 4.69) is 42.5 Å². The zero-order chi connectivity index (χ0) is 17.8. The molecule has 1 saturated carbocycles. The summed E-state index contributed by atoms with van der Waals surface area (Å²) in [5, 5.41) is 1.18. The van der Waals surface area contributed by atoms with Crippen molar-refractivity contribution in [3.63, 3.8) is 0 Å². The number of carbonyl (C=O) groups excluding carboxylic acids is 1. The molecule has 3 aromatic rings. The van der Waals surface area contributed by atoms with Gasteiger partial charge < -0.3 is 0 Å². The maximum Gasteiger partial charge on any atom is 0.150 e. The van der Waals surface area contributed by atoms with Gasteiger partial charge in [-0.15, -0.1) is 0 Å². The standard InChI is InChI=1S/C24H25NO/c26-17-18-12-14-19(15-13-18)22-16-21-10-6-7-11-23(21)25-24(22)20-8-4-2-1-3-5-9-20/h6-7,10-17,20H,1-5,8-9H2. The highest BCUT2D eigenvalue weighted by Gasteiger charge is 2.20. The molecule has 132 valence electrons. The highest BCUT2D eigenvalue weighted by atomic mass is 16.1. The maximum atomic E-state index is 11.0. The molecule has 1 heterocycles. The summed E-state index contributed by atoms with van der Waals surface area (Å²) >= 11 is 0. The lowest BCUT2D eigenvalue weighted by atomic mass is 9.85. The van der Waals surface area contributed by atoms with Crippen LogP contribution in [0.3, 0.4) is 0 Å². The molecule has 1 aliphatic rings. The van der Waals surface area contributed by atoms with Gasteiger partial charge in [0.05, 0.1) is 11.2 Å². The molecule has 4 rings (SSSR count). The van der Waals surface area contributed by atoms with Gasteiger partial charge in [-0.25, -0.2) is 0 Å². The third kappa shape index (κ3) is 3.55. The molecule has 0 spiro atoms. The van der Waals surface area contributed by atoms with Crippen LogP contribution in [0.4, 0.5) is 0 Å². The van der Waals surface area contributed by atoms with Crippen molar-refractivity contribution in [3.8, 4) is 11.1 Å². The van der Waals surface area contributed by atoms with Crippen LogP contribution in [0.2, 0.25) is 0 Å². The molecule has 0 amide bonds. The summed E-state index contributed by atoms with van der Waals surface area (Å²) in [7, 11) is 0. The number of carbonyl (C=O) groups is 1. The molecule has 1 aromatic heterocycles. The molecule has 0 atom stereocenters. The fourth-order valence-corrected chi connectivity index (χ4v) is 4.14. The van der Waals surface area contributed by atoms with E-state index in [0.717, 1.165) is 22.9 Å². The van der Waals surface area contributed by atoms with Crippen molar-refractivity contribution in [2.75, 3.05) is 0 Å². The van der Waals surface area contributed by atoms with E-state index in [9.17, 15) is 4.79 Å². The maximum absolute atomic E-state index is 11.0. The zero-order valence-electron chi connectivity index (χ0n) is 15.2.